The molecular weight excluding hydrogens is 266 g/mol. The summed E-state index contributed by atoms with van der Waals surface area (Å²) in [6.07, 6.45) is 0.785. The second-order valence-corrected chi connectivity index (χ2v) is 6.11. The Balaban J connectivity index is 1.98. The van der Waals surface area contributed by atoms with Crippen LogP contribution in [0.25, 0.3) is 11.5 Å². The summed E-state index contributed by atoms with van der Waals surface area (Å²) in [5.74, 6) is 0.967. The summed E-state index contributed by atoms with van der Waals surface area (Å²) in [5.41, 5.74) is 1.78. The van der Waals surface area contributed by atoms with E-state index in [0.29, 0.717) is 24.6 Å². The molecule has 0 fully saturated rings. The molecule has 0 aliphatic heterocycles. The highest BCUT2D eigenvalue weighted by Gasteiger charge is 2.15. The molecule has 112 valence electrons. The van der Waals surface area contributed by atoms with E-state index >= 15 is 0 Å². The van der Waals surface area contributed by atoms with Crippen LogP contribution in [0.5, 0.6) is 0 Å². The molecule has 0 radical (unpaired) electrons. The van der Waals surface area contributed by atoms with Gasteiger partial charge in [0.1, 0.15) is 0 Å². The van der Waals surface area contributed by atoms with Crippen molar-refractivity contribution in [2.45, 2.75) is 46.1 Å². The zero-order valence-electron chi connectivity index (χ0n) is 12.9. The summed E-state index contributed by atoms with van der Waals surface area (Å²) in [7, 11) is 0. The number of benzene rings is 1. The largest absolute Gasteiger partial charge is 0.421 e. The number of aryl methyl sites for hydroxylation is 2. The van der Waals surface area contributed by atoms with E-state index in [2.05, 4.69) is 15.5 Å². The van der Waals surface area contributed by atoms with Gasteiger partial charge in [-0.2, -0.15) is 0 Å². The minimum absolute atomic E-state index is 0.0156. The lowest BCUT2D eigenvalue weighted by Gasteiger charge is -2.20. The summed E-state index contributed by atoms with van der Waals surface area (Å²) >= 11 is 0. The number of hydrogen-bond acceptors (Lipinski definition) is 4. The predicted molar refractivity (Wildman–Crippen MR) is 80.7 cm³/mol. The predicted octanol–water partition coefficient (Wildman–Crippen LogP) is 2.89. The van der Waals surface area contributed by atoms with Gasteiger partial charge in [-0.15, -0.1) is 10.2 Å². The molecule has 1 amide bonds. The first kappa shape index (κ1) is 15.2. The highest BCUT2D eigenvalue weighted by Crippen LogP contribution is 2.21. The standard InChI is InChI=1S/C16H21N3O2/c1-11-7-5-6-8-12(11)15-19-18-14(21-15)10-9-13(20)17-16(2,3)4/h5-8H,9-10H2,1-4H3,(H,17,20). The lowest BCUT2D eigenvalue weighted by molar-refractivity contribution is -0.122. The summed E-state index contributed by atoms with van der Waals surface area (Å²) in [5, 5.41) is 11.0. The van der Waals surface area contributed by atoms with Crippen LogP contribution in [0.4, 0.5) is 0 Å². The van der Waals surface area contributed by atoms with Crippen molar-refractivity contribution in [1.82, 2.24) is 15.5 Å². The van der Waals surface area contributed by atoms with E-state index in [1.165, 1.54) is 0 Å². The Kier molecular flexibility index (Phi) is 4.40. The maximum Gasteiger partial charge on any atom is 0.247 e. The maximum atomic E-state index is 11.8. The van der Waals surface area contributed by atoms with Crippen LogP contribution >= 0.6 is 0 Å². The summed E-state index contributed by atoms with van der Waals surface area (Å²) in [6, 6.07) is 7.84. The van der Waals surface area contributed by atoms with E-state index in [1.54, 1.807) is 0 Å². The molecule has 5 nitrogen and oxygen atoms in total. The van der Waals surface area contributed by atoms with Crippen molar-refractivity contribution in [3.05, 3.63) is 35.7 Å². The Labute approximate surface area is 124 Å². The quantitative estimate of drug-likeness (QED) is 0.938. The third kappa shape index (κ3) is 4.41. The van der Waals surface area contributed by atoms with Gasteiger partial charge in [-0.25, -0.2) is 0 Å². The average molecular weight is 287 g/mol. The summed E-state index contributed by atoms with van der Waals surface area (Å²) in [4.78, 5) is 11.8. The first-order valence-corrected chi connectivity index (χ1v) is 7.04. The zero-order valence-corrected chi connectivity index (χ0v) is 12.9. The third-order valence-corrected chi connectivity index (χ3v) is 2.92. The molecule has 2 rings (SSSR count). The van der Waals surface area contributed by atoms with Gasteiger partial charge in [0.05, 0.1) is 0 Å². The molecule has 1 aromatic carbocycles. The first-order chi connectivity index (χ1) is 9.85. The molecule has 0 aliphatic rings. The Bertz CT molecular complexity index is 626. The number of rotatable bonds is 4. The van der Waals surface area contributed by atoms with E-state index in [9.17, 15) is 4.79 Å². The van der Waals surface area contributed by atoms with Gasteiger partial charge in [0, 0.05) is 23.9 Å². The van der Waals surface area contributed by atoms with Crippen LogP contribution in [0.1, 0.15) is 38.6 Å². The van der Waals surface area contributed by atoms with Gasteiger partial charge in [0.25, 0.3) is 0 Å². The van der Waals surface area contributed by atoms with Crippen molar-refractivity contribution >= 4 is 5.91 Å². The highest BCUT2D eigenvalue weighted by atomic mass is 16.4. The average Bonchev–Trinajstić information content (AvgIpc) is 2.83. The van der Waals surface area contributed by atoms with Gasteiger partial charge < -0.3 is 9.73 Å². The molecule has 0 saturated carbocycles. The molecular formula is C16H21N3O2. The van der Waals surface area contributed by atoms with Crippen LogP contribution < -0.4 is 5.32 Å². The van der Waals surface area contributed by atoms with Crippen LogP contribution in [-0.4, -0.2) is 21.6 Å². The fourth-order valence-electron chi connectivity index (χ4n) is 1.98. The zero-order chi connectivity index (χ0) is 15.5. The Morgan fingerprint density at radius 2 is 1.95 bits per heavy atom. The van der Waals surface area contributed by atoms with Gasteiger partial charge in [-0.3, -0.25) is 4.79 Å². The highest BCUT2D eigenvalue weighted by molar-refractivity contribution is 5.76. The van der Waals surface area contributed by atoms with Crippen molar-refractivity contribution in [2.75, 3.05) is 0 Å². The molecule has 0 unspecified atom stereocenters. The minimum atomic E-state index is -0.224. The Morgan fingerprint density at radius 3 is 2.62 bits per heavy atom. The van der Waals surface area contributed by atoms with Gasteiger partial charge in [0.2, 0.25) is 17.7 Å². The topological polar surface area (TPSA) is 68.0 Å². The van der Waals surface area contributed by atoms with E-state index in [-0.39, 0.29) is 11.4 Å². The molecule has 2 aromatic rings. The van der Waals surface area contributed by atoms with E-state index in [1.807, 2.05) is 52.0 Å². The lowest BCUT2D eigenvalue weighted by Crippen LogP contribution is -2.40. The van der Waals surface area contributed by atoms with Crippen molar-refractivity contribution in [1.29, 1.82) is 0 Å². The number of carbonyl (C=O) groups is 1. The van der Waals surface area contributed by atoms with Crippen molar-refractivity contribution < 1.29 is 9.21 Å². The fourth-order valence-corrected chi connectivity index (χ4v) is 1.98. The van der Waals surface area contributed by atoms with E-state index in [0.717, 1.165) is 11.1 Å². The van der Waals surface area contributed by atoms with Gasteiger partial charge in [0.15, 0.2) is 0 Å². The summed E-state index contributed by atoms with van der Waals surface area (Å²) < 4.78 is 5.63. The van der Waals surface area contributed by atoms with Crippen molar-refractivity contribution in [3.8, 4) is 11.5 Å². The van der Waals surface area contributed by atoms with Gasteiger partial charge >= 0.3 is 0 Å². The van der Waals surface area contributed by atoms with Crippen molar-refractivity contribution in [3.63, 3.8) is 0 Å². The Hall–Kier alpha value is -2.17. The monoisotopic (exact) mass is 287 g/mol. The second-order valence-electron chi connectivity index (χ2n) is 6.11. The van der Waals surface area contributed by atoms with Crippen LogP contribution in [0.15, 0.2) is 28.7 Å². The fraction of sp³-hybridized carbons (Fsp3) is 0.438. The number of nitrogens with zero attached hydrogens (tertiary/aromatic N) is 2. The van der Waals surface area contributed by atoms with E-state index < -0.39 is 0 Å². The molecule has 1 N–H and O–H groups in total. The smallest absolute Gasteiger partial charge is 0.247 e. The number of carbonyl (C=O) groups excluding carboxylic acids is 1. The minimum Gasteiger partial charge on any atom is -0.421 e. The molecule has 0 bridgehead atoms. The molecule has 1 aromatic heterocycles. The normalized spacial score (nSPS) is 11.4. The molecule has 0 saturated heterocycles. The number of hydrogen-bond donors (Lipinski definition) is 1. The van der Waals surface area contributed by atoms with Gasteiger partial charge in [-0.05, 0) is 39.3 Å². The van der Waals surface area contributed by atoms with Crippen LogP contribution in [0.3, 0.4) is 0 Å². The number of nitrogens with one attached hydrogen (secondary N) is 1. The molecule has 0 aliphatic carbocycles. The van der Waals surface area contributed by atoms with Crippen molar-refractivity contribution in [2.24, 2.45) is 0 Å². The number of amides is 1. The Morgan fingerprint density at radius 1 is 1.24 bits per heavy atom. The maximum absolute atomic E-state index is 11.8. The third-order valence-electron chi connectivity index (χ3n) is 2.92. The molecule has 5 heteroatoms. The van der Waals surface area contributed by atoms with Crippen LogP contribution in [0.2, 0.25) is 0 Å². The van der Waals surface area contributed by atoms with Crippen LogP contribution in [-0.2, 0) is 11.2 Å². The molecule has 21 heavy (non-hydrogen) atoms. The summed E-state index contributed by atoms with van der Waals surface area (Å²) in [6.45, 7) is 7.85. The second kappa shape index (κ2) is 6.08. The lowest BCUT2D eigenvalue weighted by atomic mass is 10.1. The molecule has 0 atom stereocenters. The molecule has 1 heterocycles. The number of aromatic nitrogens is 2. The van der Waals surface area contributed by atoms with Gasteiger partial charge in [-0.1, -0.05) is 18.2 Å². The SMILES string of the molecule is Cc1ccccc1-c1nnc(CCC(=O)NC(C)(C)C)o1. The van der Waals surface area contributed by atoms with E-state index in [4.69, 9.17) is 4.42 Å². The van der Waals surface area contributed by atoms with Crippen LogP contribution in [0, 0.1) is 6.92 Å². The first-order valence-electron chi connectivity index (χ1n) is 7.04. The molecule has 0 spiro atoms.